The molecular formula is C14H22ClN3O. The van der Waals surface area contributed by atoms with Crippen LogP contribution < -0.4 is 10.6 Å². The smallest absolute Gasteiger partial charge is 0.172 e. The number of amidine groups is 1. The Morgan fingerprint density at radius 1 is 1.37 bits per heavy atom. The van der Waals surface area contributed by atoms with Crippen LogP contribution in [0.5, 0.6) is 0 Å². The third kappa shape index (κ3) is 4.03. The summed E-state index contributed by atoms with van der Waals surface area (Å²) in [6.07, 6.45) is 0. The van der Waals surface area contributed by atoms with Gasteiger partial charge in [0.2, 0.25) is 0 Å². The lowest BCUT2D eigenvalue weighted by molar-refractivity contribution is 0.318. The first-order valence-corrected chi connectivity index (χ1v) is 6.78. The molecule has 0 aliphatic rings. The van der Waals surface area contributed by atoms with Crippen molar-refractivity contribution in [2.24, 2.45) is 16.8 Å². The molecule has 0 radical (unpaired) electrons. The minimum Gasteiger partial charge on any atom is -0.409 e. The largest absolute Gasteiger partial charge is 0.409 e. The SMILES string of the molecule is CC(C)CN(c1cc(Cl)ccc1C(N)=NO)C(C)C. The van der Waals surface area contributed by atoms with Crippen LogP contribution in [0.2, 0.25) is 5.02 Å². The maximum absolute atomic E-state index is 8.90. The number of nitrogens with zero attached hydrogens (tertiary/aromatic N) is 2. The van der Waals surface area contributed by atoms with Crippen LogP contribution in [0.4, 0.5) is 5.69 Å². The van der Waals surface area contributed by atoms with Gasteiger partial charge in [-0.2, -0.15) is 0 Å². The van der Waals surface area contributed by atoms with E-state index in [-0.39, 0.29) is 5.84 Å². The zero-order valence-corrected chi connectivity index (χ0v) is 12.6. The Kier molecular flexibility index (Phi) is 5.48. The van der Waals surface area contributed by atoms with Crippen molar-refractivity contribution in [2.45, 2.75) is 33.7 Å². The van der Waals surface area contributed by atoms with Crippen LogP contribution in [0.3, 0.4) is 0 Å². The molecule has 0 unspecified atom stereocenters. The molecule has 3 N–H and O–H groups in total. The van der Waals surface area contributed by atoms with Gasteiger partial charge in [0.25, 0.3) is 0 Å². The van der Waals surface area contributed by atoms with E-state index >= 15 is 0 Å². The summed E-state index contributed by atoms with van der Waals surface area (Å²) in [5.41, 5.74) is 7.33. The summed E-state index contributed by atoms with van der Waals surface area (Å²) < 4.78 is 0. The second-order valence-corrected chi connectivity index (χ2v) is 5.72. The van der Waals surface area contributed by atoms with Gasteiger partial charge in [0.1, 0.15) is 0 Å². The first-order valence-electron chi connectivity index (χ1n) is 6.40. The number of oxime groups is 1. The normalized spacial score (nSPS) is 12.3. The maximum Gasteiger partial charge on any atom is 0.172 e. The van der Waals surface area contributed by atoms with Crippen LogP contribution >= 0.6 is 11.6 Å². The topological polar surface area (TPSA) is 61.8 Å². The lowest BCUT2D eigenvalue weighted by atomic mass is 10.1. The highest BCUT2D eigenvalue weighted by atomic mass is 35.5. The Morgan fingerprint density at radius 2 is 2.00 bits per heavy atom. The van der Waals surface area contributed by atoms with E-state index in [1.165, 1.54) is 0 Å². The number of halogens is 1. The minimum atomic E-state index is 0.0982. The monoisotopic (exact) mass is 283 g/mol. The Balaban J connectivity index is 3.31. The van der Waals surface area contributed by atoms with E-state index < -0.39 is 0 Å². The molecule has 1 rings (SSSR count). The van der Waals surface area contributed by atoms with Gasteiger partial charge in [-0.1, -0.05) is 30.6 Å². The number of hydrogen-bond donors (Lipinski definition) is 2. The second-order valence-electron chi connectivity index (χ2n) is 5.29. The average molecular weight is 284 g/mol. The first kappa shape index (κ1) is 15.6. The van der Waals surface area contributed by atoms with E-state index in [9.17, 15) is 0 Å². The van der Waals surface area contributed by atoms with Crippen molar-refractivity contribution in [1.82, 2.24) is 0 Å². The Morgan fingerprint density at radius 3 is 2.47 bits per heavy atom. The van der Waals surface area contributed by atoms with Gasteiger partial charge in [-0.3, -0.25) is 0 Å². The van der Waals surface area contributed by atoms with Crippen molar-refractivity contribution in [1.29, 1.82) is 0 Å². The van der Waals surface area contributed by atoms with Crippen molar-refractivity contribution in [3.8, 4) is 0 Å². The lowest BCUT2D eigenvalue weighted by Gasteiger charge is -2.32. The number of benzene rings is 1. The Labute approximate surface area is 119 Å². The zero-order chi connectivity index (χ0) is 14.6. The third-order valence-electron chi connectivity index (χ3n) is 2.84. The van der Waals surface area contributed by atoms with E-state index in [0.717, 1.165) is 12.2 Å². The fourth-order valence-corrected chi connectivity index (χ4v) is 2.16. The summed E-state index contributed by atoms with van der Waals surface area (Å²) >= 11 is 6.08. The molecule has 106 valence electrons. The lowest BCUT2D eigenvalue weighted by Crippen LogP contribution is -2.35. The standard InChI is InChI=1S/C14H22ClN3O/c1-9(2)8-18(10(3)4)13-7-11(15)5-6-12(13)14(16)17-19/h5-7,9-10,19H,8H2,1-4H3,(H2,16,17). The number of hydrogen-bond acceptors (Lipinski definition) is 3. The van der Waals surface area contributed by atoms with E-state index in [0.29, 0.717) is 22.5 Å². The van der Waals surface area contributed by atoms with Crippen LogP contribution in [-0.2, 0) is 0 Å². The second kappa shape index (κ2) is 6.66. The summed E-state index contributed by atoms with van der Waals surface area (Å²) in [7, 11) is 0. The highest BCUT2D eigenvalue weighted by Crippen LogP contribution is 2.27. The van der Waals surface area contributed by atoms with Gasteiger partial charge in [0.15, 0.2) is 5.84 Å². The Bertz CT molecular complexity index is 458. The molecule has 0 saturated heterocycles. The quantitative estimate of drug-likeness (QED) is 0.377. The van der Waals surface area contributed by atoms with Crippen LogP contribution in [0.15, 0.2) is 23.4 Å². The highest BCUT2D eigenvalue weighted by molar-refractivity contribution is 6.31. The van der Waals surface area contributed by atoms with Gasteiger partial charge in [0, 0.05) is 28.9 Å². The molecule has 19 heavy (non-hydrogen) atoms. The first-order chi connectivity index (χ1) is 8.86. The highest BCUT2D eigenvalue weighted by Gasteiger charge is 2.18. The van der Waals surface area contributed by atoms with Crippen molar-refractivity contribution >= 4 is 23.1 Å². The van der Waals surface area contributed by atoms with Gasteiger partial charge in [-0.05, 0) is 38.0 Å². The molecule has 0 amide bonds. The molecule has 0 fully saturated rings. The molecule has 1 aromatic rings. The summed E-state index contributed by atoms with van der Waals surface area (Å²) in [6.45, 7) is 9.41. The van der Waals surface area contributed by atoms with Gasteiger partial charge >= 0.3 is 0 Å². The molecule has 0 spiro atoms. The van der Waals surface area contributed by atoms with Gasteiger partial charge in [-0.25, -0.2) is 0 Å². The molecule has 5 heteroatoms. The number of rotatable bonds is 5. The molecule has 0 saturated carbocycles. The molecule has 0 aliphatic heterocycles. The Hall–Kier alpha value is -1.42. The molecule has 0 aromatic heterocycles. The molecule has 0 atom stereocenters. The molecule has 0 aliphatic carbocycles. The van der Waals surface area contributed by atoms with E-state index in [2.05, 4.69) is 37.8 Å². The number of anilines is 1. The van der Waals surface area contributed by atoms with Crippen molar-refractivity contribution in [3.63, 3.8) is 0 Å². The van der Waals surface area contributed by atoms with Crippen molar-refractivity contribution < 1.29 is 5.21 Å². The predicted molar refractivity (Wildman–Crippen MR) is 81.3 cm³/mol. The summed E-state index contributed by atoms with van der Waals surface area (Å²) in [6, 6.07) is 5.68. The predicted octanol–water partition coefficient (Wildman–Crippen LogP) is 3.31. The van der Waals surface area contributed by atoms with Crippen LogP contribution in [0.1, 0.15) is 33.3 Å². The molecule has 0 bridgehead atoms. The van der Waals surface area contributed by atoms with Crippen molar-refractivity contribution in [2.75, 3.05) is 11.4 Å². The fraction of sp³-hybridized carbons (Fsp3) is 0.500. The van der Waals surface area contributed by atoms with E-state index in [4.69, 9.17) is 22.5 Å². The van der Waals surface area contributed by atoms with Crippen LogP contribution in [-0.4, -0.2) is 23.6 Å². The third-order valence-corrected chi connectivity index (χ3v) is 3.07. The number of nitrogens with two attached hydrogens (primary N) is 1. The summed E-state index contributed by atoms with van der Waals surface area (Å²) in [5, 5.41) is 12.6. The fourth-order valence-electron chi connectivity index (χ4n) is 1.99. The minimum absolute atomic E-state index is 0.0982. The van der Waals surface area contributed by atoms with E-state index in [1.54, 1.807) is 12.1 Å². The molecule has 4 nitrogen and oxygen atoms in total. The van der Waals surface area contributed by atoms with Gasteiger partial charge in [-0.15, -0.1) is 0 Å². The summed E-state index contributed by atoms with van der Waals surface area (Å²) in [5.74, 6) is 0.600. The average Bonchev–Trinajstić information content (AvgIpc) is 2.34. The van der Waals surface area contributed by atoms with Crippen LogP contribution in [0.25, 0.3) is 0 Å². The van der Waals surface area contributed by atoms with E-state index in [1.807, 2.05) is 6.07 Å². The van der Waals surface area contributed by atoms with Crippen LogP contribution in [0, 0.1) is 5.92 Å². The molecular weight excluding hydrogens is 262 g/mol. The van der Waals surface area contributed by atoms with Gasteiger partial charge in [0.05, 0.1) is 0 Å². The summed E-state index contributed by atoms with van der Waals surface area (Å²) in [4.78, 5) is 2.21. The van der Waals surface area contributed by atoms with Gasteiger partial charge < -0.3 is 15.8 Å². The zero-order valence-electron chi connectivity index (χ0n) is 11.9. The maximum atomic E-state index is 8.90. The molecule has 0 heterocycles. The molecule has 1 aromatic carbocycles. The van der Waals surface area contributed by atoms with Crippen molar-refractivity contribution in [3.05, 3.63) is 28.8 Å².